The zero-order valence-electron chi connectivity index (χ0n) is 12.9. The minimum absolute atomic E-state index is 0.00698. The van der Waals surface area contributed by atoms with E-state index in [-0.39, 0.29) is 17.9 Å². The van der Waals surface area contributed by atoms with Gasteiger partial charge in [-0.15, -0.1) is 10.2 Å². The van der Waals surface area contributed by atoms with Crippen LogP contribution in [0.1, 0.15) is 31.7 Å². The van der Waals surface area contributed by atoms with Crippen LogP contribution in [0.3, 0.4) is 0 Å². The standard InChI is InChI=1S/C15H19N5O2/c1-14(2)9-15(14,10-4-6-11(22-3)7-5-10)13(21)16-8-12-17-19-20-18-12/h4-7H,8-9H2,1-3H3,(H,16,21)(H,17,18,19,20)/t15-/m0/s1. The van der Waals surface area contributed by atoms with Crippen LogP contribution in [0.25, 0.3) is 0 Å². The molecule has 7 heteroatoms. The molecule has 3 rings (SSSR count). The molecule has 22 heavy (non-hydrogen) atoms. The molecule has 1 aromatic heterocycles. The summed E-state index contributed by atoms with van der Waals surface area (Å²) < 4.78 is 5.18. The monoisotopic (exact) mass is 301 g/mol. The highest BCUT2D eigenvalue weighted by molar-refractivity contribution is 5.93. The van der Waals surface area contributed by atoms with Crippen LogP contribution < -0.4 is 10.1 Å². The van der Waals surface area contributed by atoms with Crippen molar-refractivity contribution in [2.75, 3.05) is 7.11 Å². The molecule has 1 aromatic carbocycles. The van der Waals surface area contributed by atoms with E-state index >= 15 is 0 Å². The topological polar surface area (TPSA) is 92.8 Å². The van der Waals surface area contributed by atoms with Crippen LogP contribution in [0.4, 0.5) is 0 Å². The summed E-state index contributed by atoms with van der Waals surface area (Å²) in [5, 5.41) is 16.5. The molecule has 1 aliphatic rings. The van der Waals surface area contributed by atoms with E-state index in [1.807, 2.05) is 24.3 Å². The van der Waals surface area contributed by atoms with Gasteiger partial charge in [0.25, 0.3) is 0 Å². The van der Waals surface area contributed by atoms with Crippen molar-refractivity contribution >= 4 is 5.91 Å². The maximum atomic E-state index is 12.8. The fourth-order valence-corrected chi connectivity index (χ4v) is 3.07. The van der Waals surface area contributed by atoms with Gasteiger partial charge in [-0.25, -0.2) is 0 Å². The van der Waals surface area contributed by atoms with Gasteiger partial charge >= 0.3 is 0 Å². The molecule has 1 aliphatic carbocycles. The first-order chi connectivity index (χ1) is 10.5. The van der Waals surface area contributed by atoms with Crippen LogP contribution in [-0.2, 0) is 16.8 Å². The molecule has 1 saturated carbocycles. The lowest BCUT2D eigenvalue weighted by Gasteiger charge is -2.20. The van der Waals surface area contributed by atoms with Gasteiger partial charge in [0.2, 0.25) is 5.91 Å². The van der Waals surface area contributed by atoms with Gasteiger partial charge in [-0.2, -0.15) is 5.21 Å². The highest BCUT2D eigenvalue weighted by Crippen LogP contribution is 2.64. The van der Waals surface area contributed by atoms with E-state index in [1.54, 1.807) is 7.11 Å². The van der Waals surface area contributed by atoms with E-state index in [9.17, 15) is 4.79 Å². The lowest BCUT2D eigenvalue weighted by Crippen LogP contribution is -2.37. The Morgan fingerprint density at radius 3 is 2.55 bits per heavy atom. The molecule has 1 amide bonds. The number of methoxy groups -OCH3 is 1. The number of carbonyl (C=O) groups excluding carboxylic acids is 1. The summed E-state index contributed by atoms with van der Waals surface area (Å²) in [5.74, 6) is 1.24. The van der Waals surface area contributed by atoms with Crippen molar-refractivity contribution in [3.63, 3.8) is 0 Å². The fraction of sp³-hybridized carbons (Fsp3) is 0.467. The van der Waals surface area contributed by atoms with Gasteiger partial charge in [-0.05, 0) is 29.5 Å². The van der Waals surface area contributed by atoms with Gasteiger partial charge in [-0.1, -0.05) is 31.2 Å². The Kier molecular flexibility index (Phi) is 3.35. The van der Waals surface area contributed by atoms with E-state index in [2.05, 4.69) is 39.8 Å². The quantitative estimate of drug-likeness (QED) is 0.865. The van der Waals surface area contributed by atoms with Crippen molar-refractivity contribution in [1.29, 1.82) is 0 Å². The summed E-state index contributed by atoms with van der Waals surface area (Å²) in [4.78, 5) is 12.8. The van der Waals surface area contributed by atoms with E-state index in [0.717, 1.165) is 17.7 Å². The van der Waals surface area contributed by atoms with Crippen LogP contribution in [0.2, 0.25) is 0 Å². The van der Waals surface area contributed by atoms with Crippen molar-refractivity contribution in [2.45, 2.75) is 32.2 Å². The van der Waals surface area contributed by atoms with E-state index < -0.39 is 5.41 Å². The Morgan fingerprint density at radius 2 is 2.05 bits per heavy atom. The zero-order chi connectivity index (χ0) is 15.8. The molecular weight excluding hydrogens is 282 g/mol. The molecule has 0 bridgehead atoms. The van der Waals surface area contributed by atoms with Crippen molar-refractivity contribution in [3.8, 4) is 5.75 Å². The fourth-order valence-electron chi connectivity index (χ4n) is 3.07. The molecule has 7 nitrogen and oxygen atoms in total. The average molecular weight is 301 g/mol. The summed E-state index contributed by atoms with van der Waals surface area (Å²) in [5.41, 5.74) is 0.412. The molecule has 1 heterocycles. The SMILES string of the molecule is COc1ccc([C@]2(C(=O)NCc3nn[nH]n3)CC2(C)C)cc1. The zero-order valence-corrected chi connectivity index (χ0v) is 12.9. The second kappa shape index (κ2) is 5.08. The number of ether oxygens (including phenoxy) is 1. The van der Waals surface area contributed by atoms with Crippen LogP contribution in [0.15, 0.2) is 24.3 Å². The summed E-state index contributed by atoms with van der Waals surface area (Å²) in [6, 6.07) is 7.69. The Bertz CT molecular complexity index is 666. The maximum absolute atomic E-state index is 12.8. The van der Waals surface area contributed by atoms with Crippen molar-refractivity contribution in [3.05, 3.63) is 35.7 Å². The molecule has 0 unspecified atom stereocenters. The second-order valence-electron chi connectivity index (χ2n) is 6.21. The molecule has 116 valence electrons. The van der Waals surface area contributed by atoms with Crippen molar-refractivity contribution in [2.24, 2.45) is 5.41 Å². The number of carbonyl (C=O) groups is 1. The van der Waals surface area contributed by atoms with Gasteiger partial charge in [0.15, 0.2) is 5.82 Å². The third-order valence-electron chi connectivity index (χ3n) is 4.50. The normalized spacial score (nSPS) is 22.1. The molecule has 0 saturated heterocycles. The largest absolute Gasteiger partial charge is 0.497 e. The number of H-pyrrole nitrogens is 1. The van der Waals surface area contributed by atoms with E-state index in [4.69, 9.17) is 4.74 Å². The first kappa shape index (κ1) is 14.5. The molecule has 0 aliphatic heterocycles. The molecule has 1 atom stereocenters. The number of nitrogens with one attached hydrogen (secondary N) is 2. The van der Waals surface area contributed by atoms with Crippen LogP contribution in [0, 0.1) is 5.41 Å². The van der Waals surface area contributed by atoms with E-state index in [1.165, 1.54) is 0 Å². The summed E-state index contributed by atoms with van der Waals surface area (Å²) in [6.07, 6.45) is 0.810. The third-order valence-corrected chi connectivity index (χ3v) is 4.50. The van der Waals surface area contributed by atoms with Crippen molar-refractivity contribution < 1.29 is 9.53 Å². The predicted molar refractivity (Wildman–Crippen MR) is 79.1 cm³/mol. The summed E-state index contributed by atoms with van der Waals surface area (Å²) >= 11 is 0. The summed E-state index contributed by atoms with van der Waals surface area (Å²) in [7, 11) is 1.63. The van der Waals surface area contributed by atoms with Crippen LogP contribution >= 0.6 is 0 Å². The molecular formula is C15H19N5O2. The number of amides is 1. The lowest BCUT2D eigenvalue weighted by atomic mass is 9.87. The van der Waals surface area contributed by atoms with Gasteiger partial charge in [0.1, 0.15) is 5.75 Å². The number of benzene rings is 1. The number of hydrogen-bond acceptors (Lipinski definition) is 5. The van der Waals surface area contributed by atoms with Gasteiger partial charge in [0, 0.05) is 0 Å². The average Bonchev–Trinajstić information content (AvgIpc) is 2.90. The minimum atomic E-state index is -0.511. The van der Waals surface area contributed by atoms with Gasteiger partial charge in [0.05, 0.1) is 19.1 Å². The van der Waals surface area contributed by atoms with Gasteiger partial charge < -0.3 is 10.1 Å². The number of aromatic amines is 1. The molecule has 0 radical (unpaired) electrons. The lowest BCUT2D eigenvalue weighted by molar-refractivity contribution is -0.124. The number of hydrogen-bond donors (Lipinski definition) is 2. The molecule has 1 fully saturated rings. The smallest absolute Gasteiger partial charge is 0.231 e. The third kappa shape index (κ3) is 2.22. The second-order valence-corrected chi connectivity index (χ2v) is 6.21. The minimum Gasteiger partial charge on any atom is -0.497 e. The number of aromatic nitrogens is 4. The predicted octanol–water partition coefficient (Wildman–Crippen LogP) is 1.19. The van der Waals surface area contributed by atoms with Gasteiger partial charge in [-0.3, -0.25) is 4.79 Å². The van der Waals surface area contributed by atoms with Crippen molar-refractivity contribution in [1.82, 2.24) is 25.9 Å². The molecule has 2 aromatic rings. The van der Waals surface area contributed by atoms with Crippen LogP contribution in [-0.4, -0.2) is 33.6 Å². The van der Waals surface area contributed by atoms with E-state index in [0.29, 0.717) is 5.82 Å². The highest BCUT2D eigenvalue weighted by Gasteiger charge is 2.66. The van der Waals surface area contributed by atoms with Crippen LogP contribution in [0.5, 0.6) is 5.75 Å². The Labute approximate surface area is 128 Å². The Balaban J connectivity index is 1.81. The molecule has 2 N–H and O–H groups in total. The maximum Gasteiger partial charge on any atom is 0.231 e. The first-order valence-corrected chi connectivity index (χ1v) is 7.15. The highest BCUT2D eigenvalue weighted by atomic mass is 16.5. The Morgan fingerprint density at radius 1 is 1.36 bits per heavy atom. The first-order valence-electron chi connectivity index (χ1n) is 7.15. The summed E-state index contributed by atoms with van der Waals surface area (Å²) in [6.45, 7) is 4.47. The number of rotatable bonds is 5. The Hall–Kier alpha value is -2.44. The number of tetrazole rings is 1. The molecule has 0 spiro atoms. The number of nitrogens with zero attached hydrogens (tertiary/aromatic N) is 3.